The van der Waals surface area contributed by atoms with Gasteiger partial charge >= 0.3 is 17.9 Å². The van der Waals surface area contributed by atoms with Crippen molar-refractivity contribution in [2.75, 3.05) is 13.1 Å². The molecule has 2 atom stereocenters. The summed E-state index contributed by atoms with van der Waals surface area (Å²) < 4.78 is 15.2. The van der Waals surface area contributed by atoms with Crippen LogP contribution in [-0.2, 0) is 24.0 Å². The molecule has 0 aromatic heterocycles. The second-order valence-electron chi connectivity index (χ2n) is 9.14. The molecule has 2 amide bonds. The molecular formula is C31H44N2O8. The summed E-state index contributed by atoms with van der Waals surface area (Å²) in [5.74, 6) is -0.477. The number of ether oxygens (including phenoxy) is 3. The van der Waals surface area contributed by atoms with Crippen molar-refractivity contribution in [3.63, 3.8) is 0 Å². The van der Waals surface area contributed by atoms with Crippen LogP contribution in [0.5, 0.6) is 17.2 Å². The van der Waals surface area contributed by atoms with E-state index in [4.69, 9.17) is 14.2 Å². The zero-order valence-corrected chi connectivity index (χ0v) is 24.6. The second kappa shape index (κ2) is 18.2. The molecule has 0 aliphatic heterocycles. The molecule has 10 heteroatoms. The van der Waals surface area contributed by atoms with E-state index in [0.29, 0.717) is 18.8 Å². The first kappa shape index (κ1) is 36.8. The molecule has 41 heavy (non-hydrogen) atoms. The smallest absolute Gasteiger partial charge is 0.308 e. The van der Waals surface area contributed by atoms with Gasteiger partial charge in [0.2, 0.25) is 12.8 Å². The third-order valence-corrected chi connectivity index (χ3v) is 6.02. The van der Waals surface area contributed by atoms with E-state index in [0.717, 1.165) is 35.9 Å². The Morgan fingerprint density at radius 3 is 1.63 bits per heavy atom. The Bertz CT molecular complexity index is 1180. The van der Waals surface area contributed by atoms with Crippen molar-refractivity contribution >= 4 is 30.7 Å². The number of esters is 3. The fourth-order valence-corrected chi connectivity index (χ4v) is 3.82. The van der Waals surface area contributed by atoms with Gasteiger partial charge in [-0.15, -0.1) is 0 Å². The predicted molar refractivity (Wildman–Crippen MR) is 157 cm³/mol. The Balaban J connectivity index is 0.000000776. The highest BCUT2D eigenvalue weighted by Crippen LogP contribution is 2.32. The van der Waals surface area contributed by atoms with Gasteiger partial charge in [0.25, 0.3) is 0 Å². The van der Waals surface area contributed by atoms with E-state index in [9.17, 15) is 24.0 Å². The molecule has 0 fully saturated rings. The number of hydrogen-bond donors (Lipinski definition) is 0. The average Bonchev–Trinajstić information content (AvgIpc) is 2.89. The van der Waals surface area contributed by atoms with Gasteiger partial charge in [-0.2, -0.15) is 0 Å². The van der Waals surface area contributed by atoms with Crippen LogP contribution in [0.1, 0.15) is 91.1 Å². The number of hydrogen-bond acceptors (Lipinski definition) is 8. The number of carbonyl (C=O) groups excluding carboxylic acids is 5. The highest BCUT2D eigenvalue weighted by Gasteiger charge is 2.18. The summed E-state index contributed by atoms with van der Waals surface area (Å²) in [7, 11) is 0. The minimum absolute atomic E-state index is 0. The zero-order chi connectivity index (χ0) is 30.4. The third-order valence-electron chi connectivity index (χ3n) is 6.02. The fraction of sp³-hybridized carbons (Fsp3) is 0.452. The van der Waals surface area contributed by atoms with Crippen LogP contribution in [0.4, 0.5) is 0 Å². The van der Waals surface area contributed by atoms with Crippen molar-refractivity contribution in [3.05, 3.63) is 53.1 Å². The molecule has 0 N–H and O–H groups in total. The van der Waals surface area contributed by atoms with Gasteiger partial charge < -0.3 is 24.0 Å². The summed E-state index contributed by atoms with van der Waals surface area (Å²) in [6.07, 6.45) is 2.46. The molecule has 10 nitrogen and oxygen atoms in total. The first-order valence-electron chi connectivity index (χ1n) is 13.1. The van der Waals surface area contributed by atoms with Crippen LogP contribution in [0.25, 0.3) is 0 Å². The molecular weight excluding hydrogens is 528 g/mol. The molecule has 0 radical (unpaired) electrons. The molecule has 0 heterocycles. The highest BCUT2D eigenvalue weighted by atomic mass is 16.6. The lowest BCUT2D eigenvalue weighted by Gasteiger charge is -2.25. The molecule has 2 aromatic carbocycles. The van der Waals surface area contributed by atoms with Gasteiger partial charge in [0.15, 0.2) is 11.5 Å². The Morgan fingerprint density at radius 2 is 1.17 bits per heavy atom. The number of benzene rings is 2. The number of aryl methyl sites for hydroxylation is 1. The molecule has 0 aliphatic rings. The molecule has 0 spiro atoms. The molecule has 0 aliphatic carbocycles. The van der Waals surface area contributed by atoms with Crippen molar-refractivity contribution < 1.29 is 38.2 Å². The first-order valence-corrected chi connectivity index (χ1v) is 13.1. The fourth-order valence-electron chi connectivity index (χ4n) is 3.82. The quantitative estimate of drug-likeness (QED) is 0.184. The van der Waals surface area contributed by atoms with Crippen LogP contribution in [0, 0.1) is 6.92 Å². The van der Waals surface area contributed by atoms with E-state index in [1.807, 2.05) is 52.8 Å². The van der Waals surface area contributed by atoms with Gasteiger partial charge in [-0.3, -0.25) is 24.0 Å². The SMILES string of the molecule is C.CCCN(C=O)C(C)c1ccc(OC(C)=O)c(OC(C)=O)c1.CCN(C=O)C(C)c1ccc(C)c(OC(C)=O)c1. The largest absolute Gasteiger partial charge is 0.426 e. The van der Waals surface area contributed by atoms with Crippen molar-refractivity contribution in [2.45, 2.75) is 81.3 Å². The molecule has 2 aromatic rings. The van der Waals surface area contributed by atoms with Gasteiger partial charge in [0.05, 0.1) is 12.1 Å². The molecule has 2 rings (SSSR count). The maximum atomic E-state index is 11.2. The minimum Gasteiger partial charge on any atom is -0.426 e. The molecule has 0 saturated heterocycles. The van der Waals surface area contributed by atoms with Gasteiger partial charge in [-0.05, 0) is 69.0 Å². The summed E-state index contributed by atoms with van der Waals surface area (Å²) >= 11 is 0. The number of amides is 2. The summed E-state index contributed by atoms with van der Waals surface area (Å²) in [6.45, 7) is 14.8. The van der Waals surface area contributed by atoms with Crippen molar-refractivity contribution in [1.29, 1.82) is 0 Å². The summed E-state index contributed by atoms with van der Waals surface area (Å²) in [6, 6.07) is 10.3. The van der Waals surface area contributed by atoms with Crippen LogP contribution in [-0.4, -0.2) is 53.6 Å². The van der Waals surface area contributed by atoms with Crippen molar-refractivity contribution in [3.8, 4) is 17.2 Å². The van der Waals surface area contributed by atoms with E-state index in [1.54, 1.807) is 28.0 Å². The van der Waals surface area contributed by atoms with Crippen LogP contribution in [0.15, 0.2) is 36.4 Å². The van der Waals surface area contributed by atoms with Crippen molar-refractivity contribution in [2.24, 2.45) is 0 Å². The average molecular weight is 573 g/mol. The Labute approximate surface area is 243 Å². The monoisotopic (exact) mass is 572 g/mol. The van der Waals surface area contributed by atoms with Crippen LogP contribution in [0.2, 0.25) is 0 Å². The lowest BCUT2D eigenvalue weighted by molar-refractivity contribution is -0.134. The van der Waals surface area contributed by atoms with E-state index in [2.05, 4.69) is 0 Å². The third kappa shape index (κ3) is 11.8. The van der Waals surface area contributed by atoms with Crippen LogP contribution in [0.3, 0.4) is 0 Å². The molecule has 2 unspecified atom stereocenters. The van der Waals surface area contributed by atoms with E-state index in [1.165, 1.54) is 20.8 Å². The number of nitrogens with zero attached hydrogens (tertiary/aromatic N) is 2. The minimum atomic E-state index is -0.515. The number of rotatable bonds is 12. The zero-order valence-electron chi connectivity index (χ0n) is 24.6. The Morgan fingerprint density at radius 1 is 0.732 bits per heavy atom. The first-order chi connectivity index (χ1) is 18.9. The second-order valence-corrected chi connectivity index (χ2v) is 9.14. The maximum absolute atomic E-state index is 11.2. The summed E-state index contributed by atoms with van der Waals surface area (Å²) in [5.41, 5.74) is 2.63. The summed E-state index contributed by atoms with van der Waals surface area (Å²) in [5, 5.41) is 0. The topological polar surface area (TPSA) is 120 Å². The lowest BCUT2D eigenvalue weighted by atomic mass is 10.0. The molecule has 0 saturated carbocycles. The van der Waals surface area contributed by atoms with Gasteiger partial charge in [-0.25, -0.2) is 0 Å². The number of carbonyl (C=O) groups is 5. The Hall–Kier alpha value is -4.21. The van der Waals surface area contributed by atoms with Gasteiger partial charge in [-0.1, -0.05) is 32.5 Å². The Kier molecular flexibility index (Phi) is 16.3. The van der Waals surface area contributed by atoms with Crippen LogP contribution < -0.4 is 14.2 Å². The summed E-state index contributed by atoms with van der Waals surface area (Å²) in [4.78, 5) is 58.7. The van der Waals surface area contributed by atoms with Crippen molar-refractivity contribution in [1.82, 2.24) is 9.80 Å². The highest BCUT2D eigenvalue weighted by molar-refractivity contribution is 5.74. The van der Waals surface area contributed by atoms with Gasteiger partial charge in [0.1, 0.15) is 5.75 Å². The van der Waals surface area contributed by atoms with E-state index >= 15 is 0 Å². The lowest BCUT2D eigenvalue weighted by Crippen LogP contribution is -2.26. The molecule has 0 bridgehead atoms. The van der Waals surface area contributed by atoms with E-state index < -0.39 is 11.9 Å². The van der Waals surface area contributed by atoms with Crippen LogP contribution >= 0.6 is 0 Å². The molecule has 226 valence electrons. The maximum Gasteiger partial charge on any atom is 0.308 e. The predicted octanol–water partition coefficient (Wildman–Crippen LogP) is 5.56. The van der Waals surface area contributed by atoms with Gasteiger partial charge in [0, 0.05) is 33.9 Å². The van der Waals surface area contributed by atoms with E-state index in [-0.39, 0.29) is 37.0 Å². The standard InChI is InChI=1S/C16H21NO5.C14H19NO3.CH4/c1-5-8-17(10-18)11(2)14-6-7-15(21-12(3)19)16(9-14)22-13(4)20;1-5-15(9-16)11(3)13-7-6-10(2)14(8-13)18-12(4)17;/h6-7,9-11H,5,8H2,1-4H3;6-9,11H,5H2,1-4H3;1H4. The normalized spacial score (nSPS) is 11.3.